The van der Waals surface area contributed by atoms with Gasteiger partial charge in [0.05, 0.1) is 5.69 Å². The number of hydrogen-bond donors (Lipinski definition) is 0. The number of aromatic nitrogens is 1. The summed E-state index contributed by atoms with van der Waals surface area (Å²) < 4.78 is 2.00. The van der Waals surface area contributed by atoms with Gasteiger partial charge in [0.2, 0.25) is 0 Å². The predicted molar refractivity (Wildman–Crippen MR) is 64.1 cm³/mol. The van der Waals surface area contributed by atoms with Crippen molar-refractivity contribution in [1.29, 1.82) is 0 Å². The lowest BCUT2D eigenvalue weighted by atomic mass is 10.2. The topological polar surface area (TPSA) is 39.1 Å². The molecule has 0 fully saturated rings. The molecule has 0 aromatic carbocycles. The molecule has 0 aliphatic rings. The summed E-state index contributed by atoms with van der Waals surface area (Å²) >= 11 is 0. The van der Waals surface area contributed by atoms with Gasteiger partial charge in [-0.15, -0.1) is 0 Å². The minimum atomic E-state index is 0.0268. The zero-order valence-corrected chi connectivity index (χ0v) is 10.2. The van der Waals surface area contributed by atoms with Gasteiger partial charge < -0.3 is 4.57 Å². The highest BCUT2D eigenvalue weighted by atomic mass is 16.1. The van der Waals surface area contributed by atoms with E-state index in [1.165, 1.54) is 0 Å². The average Bonchev–Trinajstić information content (AvgIpc) is 2.59. The summed E-state index contributed by atoms with van der Waals surface area (Å²) in [5.41, 5.74) is 2.33. The number of ketones is 1. The molecule has 3 nitrogen and oxygen atoms in total. The summed E-state index contributed by atoms with van der Waals surface area (Å²) in [5, 5.41) is 0. The maximum Gasteiger partial charge on any atom is 0.176 e. The van der Waals surface area contributed by atoms with Crippen molar-refractivity contribution >= 4 is 12.1 Å². The lowest BCUT2D eigenvalue weighted by Gasteiger charge is -2.10. The van der Waals surface area contributed by atoms with Crippen molar-refractivity contribution in [3.05, 3.63) is 23.0 Å². The van der Waals surface area contributed by atoms with Crippen LogP contribution in [0.15, 0.2) is 6.07 Å². The highest BCUT2D eigenvalue weighted by molar-refractivity contribution is 5.95. The van der Waals surface area contributed by atoms with Crippen LogP contribution in [0.5, 0.6) is 0 Å². The molecule has 1 aromatic heterocycles. The highest BCUT2D eigenvalue weighted by Gasteiger charge is 2.15. The van der Waals surface area contributed by atoms with Crippen LogP contribution in [0.3, 0.4) is 0 Å². The summed E-state index contributed by atoms with van der Waals surface area (Å²) in [6, 6.07) is 1.72. The molecule has 0 aliphatic heterocycles. The Morgan fingerprint density at radius 3 is 2.50 bits per heavy atom. The van der Waals surface area contributed by atoms with E-state index >= 15 is 0 Å². The van der Waals surface area contributed by atoms with Crippen LogP contribution >= 0.6 is 0 Å². The van der Waals surface area contributed by atoms with E-state index in [9.17, 15) is 9.59 Å². The van der Waals surface area contributed by atoms with E-state index in [1.54, 1.807) is 13.0 Å². The summed E-state index contributed by atoms with van der Waals surface area (Å²) in [5.74, 6) is 0.0268. The van der Waals surface area contributed by atoms with Crippen LogP contribution in [-0.2, 0) is 13.0 Å². The van der Waals surface area contributed by atoms with Crippen LogP contribution in [0.1, 0.15) is 60.2 Å². The lowest BCUT2D eigenvalue weighted by Crippen LogP contribution is -2.10. The summed E-state index contributed by atoms with van der Waals surface area (Å²) in [6.45, 7) is 6.50. The third-order valence-electron chi connectivity index (χ3n) is 2.66. The standard InChI is InChI=1S/C13H19NO2/c1-4-6-12-11(9-15)8-13(10(3)16)14(12)7-5-2/h8-9H,4-7H2,1-3H3. The molecule has 0 radical (unpaired) electrons. The van der Waals surface area contributed by atoms with E-state index < -0.39 is 0 Å². The van der Waals surface area contributed by atoms with Gasteiger partial charge in [0.1, 0.15) is 0 Å². The van der Waals surface area contributed by atoms with Crippen LogP contribution in [-0.4, -0.2) is 16.6 Å². The molecule has 0 bridgehead atoms. The maximum atomic E-state index is 11.5. The molecule has 0 spiro atoms. The fourth-order valence-electron chi connectivity index (χ4n) is 2.00. The average molecular weight is 221 g/mol. The molecule has 1 aromatic rings. The second-order valence-electron chi connectivity index (χ2n) is 4.01. The Bertz CT molecular complexity index is 391. The van der Waals surface area contributed by atoms with Gasteiger partial charge in [0.25, 0.3) is 0 Å². The van der Waals surface area contributed by atoms with Crippen LogP contribution in [0.25, 0.3) is 0 Å². The van der Waals surface area contributed by atoms with Crippen molar-refractivity contribution in [3.63, 3.8) is 0 Å². The van der Waals surface area contributed by atoms with Crippen molar-refractivity contribution in [3.8, 4) is 0 Å². The first-order valence-corrected chi connectivity index (χ1v) is 5.84. The number of nitrogens with zero attached hydrogens (tertiary/aromatic N) is 1. The van der Waals surface area contributed by atoms with Gasteiger partial charge in [-0.1, -0.05) is 20.3 Å². The summed E-state index contributed by atoms with van der Waals surface area (Å²) in [6.07, 6.45) is 3.64. The molecule has 0 aliphatic carbocycles. The van der Waals surface area contributed by atoms with Crippen molar-refractivity contribution in [2.75, 3.05) is 0 Å². The molecule has 16 heavy (non-hydrogen) atoms. The Labute approximate surface area is 96.5 Å². The van der Waals surface area contributed by atoms with E-state index in [0.29, 0.717) is 11.3 Å². The lowest BCUT2D eigenvalue weighted by molar-refractivity contribution is 0.100. The van der Waals surface area contributed by atoms with Crippen molar-refractivity contribution in [2.45, 2.75) is 46.6 Å². The third kappa shape index (κ3) is 2.40. The number of carbonyl (C=O) groups is 2. The van der Waals surface area contributed by atoms with Gasteiger partial charge in [-0.05, 0) is 18.9 Å². The van der Waals surface area contributed by atoms with E-state index in [1.807, 2.05) is 4.57 Å². The molecule has 1 heterocycles. The fourth-order valence-corrected chi connectivity index (χ4v) is 2.00. The quantitative estimate of drug-likeness (QED) is 0.547. The first-order chi connectivity index (χ1) is 7.65. The van der Waals surface area contributed by atoms with Gasteiger partial charge >= 0.3 is 0 Å². The number of aldehydes is 1. The molecule has 0 saturated carbocycles. The monoisotopic (exact) mass is 221 g/mol. The third-order valence-corrected chi connectivity index (χ3v) is 2.66. The van der Waals surface area contributed by atoms with Crippen LogP contribution in [0.4, 0.5) is 0 Å². The minimum absolute atomic E-state index is 0.0268. The van der Waals surface area contributed by atoms with Gasteiger partial charge in [-0.25, -0.2) is 0 Å². The highest BCUT2D eigenvalue weighted by Crippen LogP contribution is 2.18. The van der Waals surface area contributed by atoms with E-state index in [2.05, 4.69) is 13.8 Å². The van der Waals surface area contributed by atoms with Crippen LogP contribution in [0, 0.1) is 0 Å². The molecule has 0 saturated heterocycles. The van der Waals surface area contributed by atoms with Gasteiger partial charge in [-0.3, -0.25) is 9.59 Å². The maximum absolute atomic E-state index is 11.5. The summed E-state index contributed by atoms with van der Waals surface area (Å²) in [7, 11) is 0. The van der Waals surface area contributed by atoms with Crippen molar-refractivity contribution in [1.82, 2.24) is 4.57 Å². The number of carbonyl (C=O) groups excluding carboxylic acids is 2. The van der Waals surface area contributed by atoms with Crippen LogP contribution in [0.2, 0.25) is 0 Å². The second-order valence-corrected chi connectivity index (χ2v) is 4.01. The molecular formula is C13H19NO2. The number of hydrogen-bond acceptors (Lipinski definition) is 2. The molecule has 0 amide bonds. The van der Waals surface area contributed by atoms with Crippen molar-refractivity contribution < 1.29 is 9.59 Å². The summed E-state index contributed by atoms with van der Waals surface area (Å²) in [4.78, 5) is 22.5. The SMILES string of the molecule is CCCc1c(C=O)cc(C(C)=O)n1CCC. The Kier molecular flexibility index (Phi) is 4.47. The van der Waals surface area contributed by atoms with Crippen LogP contribution < -0.4 is 0 Å². The van der Waals surface area contributed by atoms with Crippen molar-refractivity contribution in [2.24, 2.45) is 0 Å². The Morgan fingerprint density at radius 2 is 2.06 bits per heavy atom. The Hall–Kier alpha value is -1.38. The molecule has 0 N–H and O–H groups in total. The molecule has 88 valence electrons. The van der Waals surface area contributed by atoms with Gasteiger partial charge in [-0.2, -0.15) is 0 Å². The van der Waals surface area contributed by atoms with Gasteiger partial charge in [0, 0.05) is 24.7 Å². The predicted octanol–water partition coefficient (Wildman–Crippen LogP) is 2.87. The fraction of sp³-hybridized carbons (Fsp3) is 0.538. The zero-order chi connectivity index (χ0) is 12.1. The normalized spacial score (nSPS) is 10.4. The van der Waals surface area contributed by atoms with E-state index in [4.69, 9.17) is 0 Å². The molecule has 0 atom stereocenters. The Balaban J connectivity index is 3.28. The first-order valence-electron chi connectivity index (χ1n) is 5.84. The smallest absolute Gasteiger partial charge is 0.176 e. The van der Waals surface area contributed by atoms with E-state index in [0.717, 1.165) is 37.8 Å². The van der Waals surface area contributed by atoms with E-state index in [-0.39, 0.29) is 5.78 Å². The number of rotatable bonds is 6. The first kappa shape index (κ1) is 12.7. The number of Topliss-reactive ketones (excluding diaryl/α,β-unsaturated/α-hetero) is 1. The molecule has 0 unspecified atom stereocenters. The second kappa shape index (κ2) is 5.64. The Morgan fingerprint density at radius 1 is 1.38 bits per heavy atom. The molecule has 1 rings (SSSR count). The largest absolute Gasteiger partial charge is 0.342 e. The minimum Gasteiger partial charge on any atom is -0.342 e. The molecule has 3 heteroatoms. The molecular weight excluding hydrogens is 202 g/mol. The van der Waals surface area contributed by atoms with Gasteiger partial charge in [0.15, 0.2) is 12.1 Å². The zero-order valence-electron chi connectivity index (χ0n) is 10.2.